The lowest BCUT2D eigenvalue weighted by Gasteiger charge is -2.15. The van der Waals surface area contributed by atoms with Crippen LogP contribution in [0.15, 0.2) is 30.3 Å². The number of alkyl halides is 3. The second-order valence-electron chi connectivity index (χ2n) is 4.96. The second kappa shape index (κ2) is 7.10. The van der Waals surface area contributed by atoms with E-state index < -0.39 is 23.9 Å². The van der Waals surface area contributed by atoms with E-state index in [0.29, 0.717) is 5.01 Å². The fourth-order valence-electron chi connectivity index (χ4n) is 2.12. The van der Waals surface area contributed by atoms with E-state index >= 15 is 0 Å². The van der Waals surface area contributed by atoms with Crippen molar-refractivity contribution in [3.8, 4) is 0 Å². The summed E-state index contributed by atoms with van der Waals surface area (Å²) < 4.78 is 38.7. The number of nitrogens with zero attached hydrogens (tertiary/aromatic N) is 1. The van der Waals surface area contributed by atoms with Crippen molar-refractivity contribution in [2.24, 2.45) is 0 Å². The lowest BCUT2D eigenvalue weighted by molar-refractivity contribution is -0.141. The molecule has 0 bridgehead atoms. The number of hydrogen-bond acceptors (Lipinski definition) is 4. The molecule has 0 unspecified atom stereocenters. The van der Waals surface area contributed by atoms with Gasteiger partial charge in [-0.3, -0.25) is 10.1 Å². The van der Waals surface area contributed by atoms with Gasteiger partial charge in [0.05, 0.1) is 9.88 Å². The smallest absolute Gasteiger partial charge is 0.434 e. The number of carboxylic acid groups (broad SMARTS) is 1. The van der Waals surface area contributed by atoms with Crippen molar-refractivity contribution in [1.82, 2.24) is 10.3 Å². The van der Waals surface area contributed by atoms with Gasteiger partial charge < -0.3 is 5.11 Å². The van der Waals surface area contributed by atoms with Gasteiger partial charge in [-0.15, -0.1) is 11.3 Å². The average Bonchev–Trinajstić information content (AvgIpc) is 2.85. The van der Waals surface area contributed by atoms with E-state index in [9.17, 15) is 23.1 Å². The summed E-state index contributed by atoms with van der Waals surface area (Å²) in [5.74, 6) is -1.11. The van der Waals surface area contributed by atoms with Crippen LogP contribution in [0.2, 0.25) is 0 Å². The van der Waals surface area contributed by atoms with Gasteiger partial charge in [0.15, 0.2) is 5.69 Å². The minimum atomic E-state index is -4.54. The third kappa shape index (κ3) is 4.77. The lowest BCUT2D eigenvalue weighted by Crippen LogP contribution is -2.38. The molecule has 4 nitrogen and oxygen atoms in total. The van der Waals surface area contributed by atoms with Crippen LogP contribution in [0.3, 0.4) is 0 Å². The molecule has 124 valence electrons. The van der Waals surface area contributed by atoms with Crippen LogP contribution >= 0.6 is 11.3 Å². The van der Waals surface area contributed by atoms with Crippen molar-refractivity contribution < 1.29 is 23.1 Å². The van der Waals surface area contributed by atoms with E-state index in [1.54, 1.807) is 24.3 Å². The van der Waals surface area contributed by atoms with Gasteiger partial charge in [-0.2, -0.15) is 13.2 Å². The van der Waals surface area contributed by atoms with Crippen molar-refractivity contribution in [3.05, 3.63) is 51.5 Å². The highest BCUT2D eigenvalue weighted by Gasteiger charge is 2.37. The molecule has 2 N–H and O–H groups in total. The van der Waals surface area contributed by atoms with Crippen LogP contribution in [0.25, 0.3) is 0 Å². The molecule has 2 aromatic rings. The quantitative estimate of drug-likeness (QED) is 0.844. The summed E-state index contributed by atoms with van der Waals surface area (Å²) in [5, 5.41) is 12.2. The summed E-state index contributed by atoms with van der Waals surface area (Å²) in [7, 11) is 0. The first-order valence-electron chi connectivity index (χ1n) is 6.81. The molecule has 8 heteroatoms. The molecule has 0 amide bonds. The van der Waals surface area contributed by atoms with Gasteiger partial charge in [0, 0.05) is 6.54 Å². The monoisotopic (exact) mass is 344 g/mol. The van der Waals surface area contributed by atoms with Gasteiger partial charge in [-0.1, -0.05) is 30.3 Å². The number of thiazole rings is 1. The number of rotatable bonds is 6. The maximum absolute atomic E-state index is 12.9. The number of halogens is 3. The number of aliphatic carboxylic acids is 1. The Kier molecular flexibility index (Phi) is 5.38. The van der Waals surface area contributed by atoms with E-state index in [1.165, 1.54) is 6.92 Å². The van der Waals surface area contributed by atoms with Crippen LogP contribution in [0.1, 0.15) is 21.1 Å². The SMILES string of the molecule is Cc1nc(C(F)(F)F)c(CN[C@H](Cc2ccccc2)C(=O)O)s1. The zero-order chi connectivity index (χ0) is 17.0. The fourth-order valence-corrected chi connectivity index (χ4v) is 3.03. The molecule has 1 heterocycles. The molecule has 23 heavy (non-hydrogen) atoms. The number of carboxylic acids is 1. The third-order valence-electron chi connectivity index (χ3n) is 3.16. The van der Waals surface area contributed by atoms with Gasteiger partial charge in [0.1, 0.15) is 6.04 Å². The highest BCUT2D eigenvalue weighted by molar-refractivity contribution is 7.11. The first kappa shape index (κ1) is 17.4. The van der Waals surface area contributed by atoms with Crippen LogP contribution in [0, 0.1) is 6.92 Å². The number of aromatic nitrogens is 1. The first-order valence-corrected chi connectivity index (χ1v) is 7.62. The molecule has 2 rings (SSSR count). The minimum absolute atomic E-state index is 0.00527. The average molecular weight is 344 g/mol. The number of hydrogen-bond donors (Lipinski definition) is 2. The third-order valence-corrected chi connectivity index (χ3v) is 4.13. The van der Waals surface area contributed by atoms with Crippen molar-refractivity contribution in [3.63, 3.8) is 0 Å². The van der Waals surface area contributed by atoms with Crippen molar-refractivity contribution in [2.45, 2.75) is 32.1 Å². The van der Waals surface area contributed by atoms with E-state index in [2.05, 4.69) is 10.3 Å². The Morgan fingerprint density at radius 1 is 1.35 bits per heavy atom. The predicted molar refractivity (Wildman–Crippen MR) is 80.3 cm³/mol. The zero-order valence-corrected chi connectivity index (χ0v) is 13.0. The van der Waals surface area contributed by atoms with E-state index in [4.69, 9.17) is 0 Å². The molecule has 0 aliphatic heterocycles. The van der Waals surface area contributed by atoms with Gasteiger partial charge in [-0.25, -0.2) is 4.98 Å². The summed E-state index contributed by atoms with van der Waals surface area (Å²) in [6.45, 7) is 1.30. The number of aryl methyl sites for hydroxylation is 1. The van der Waals surface area contributed by atoms with Crippen LogP contribution < -0.4 is 5.32 Å². The minimum Gasteiger partial charge on any atom is -0.480 e. The lowest BCUT2D eigenvalue weighted by atomic mass is 10.1. The number of carbonyl (C=O) groups is 1. The molecule has 0 spiro atoms. The molecule has 1 atom stereocenters. The largest absolute Gasteiger partial charge is 0.480 e. The molecule has 0 aliphatic rings. The van der Waals surface area contributed by atoms with Crippen molar-refractivity contribution in [2.75, 3.05) is 0 Å². The van der Waals surface area contributed by atoms with Crippen LogP contribution in [-0.2, 0) is 23.9 Å². The summed E-state index contributed by atoms with van der Waals surface area (Å²) in [6, 6.07) is 7.94. The number of nitrogens with one attached hydrogen (secondary N) is 1. The fraction of sp³-hybridized carbons (Fsp3) is 0.333. The van der Waals surface area contributed by atoms with Crippen LogP contribution in [-0.4, -0.2) is 22.1 Å². The first-order chi connectivity index (χ1) is 10.8. The maximum atomic E-state index is 12.9. The normalized spacial score (nSPS) is 13.0. The van der Waals surface area contributed by atoms with Gasteiger partial charge in [0.2, 0.25) is 0 Å². The van der Waals surface area contributed by atoms with Gasteiger partial charge in [-0.05, 0) is 18.9 Å². The summed E-state index contributed by atoms with van der Waals surface area (Å²) in [5.41, 5.74) is -0.153. The standard InChI is InChI=1S/C15H15F3N2O2S/c1-9-20-13(15(16,17)18)12(23-9)8-19-11(14(21)22)7-10-5-3-2-4-6-10/h2-6,11,19H,7-8H2,1H3,(H,21,22)/t11-/m1/s1. The molecule has 0 aliphatic carbocycles. The maximum Gasteiger partial charge on any atom is 0.434 e. The Balaban J connectivity index is 2.09. The van der Waals surface area contributed by atoms with Gasteiger partial charge in [0.25, 0.3) is 0 Å². The molecule has 1 aromatic carbocycles. The molecular weight excluding hydrogens is 329 g/mol. The van der Waals surface area contributed by atoms with E-state index in [1.807, 2.05) is 6.07 Å². The molecule has 1 aromatic heterocycles. The zero-order valence-electron chi connectivity index (χ0n) is 12.2. The Labute approximate surface area is 135 Å². The van der Waals surface area contributed by atoms with E-state index in [0.717, 1.165) is 16.9 Å². The van der Waals surface area contributed by atoms with Crippen LogP contribution in [0.4, 0.5) is 13.2 Å². The van der Waals surface area contributed by atoms with Gasteiger partial charge >= 0.3 is 12.1 Å². The Bertz CT molecular complexity index is 671. The predicted octanol–water partition coefficient (Wildman–Crippen LogP) is 3.26. The number of benzene rings is 1. The summed E-state index contributed by atoms with van der Waals surface area (Å²) >= 11 is 0.915. The molecule has 0 radical (unpaired) electrons. The Morgan fingerprint density at radius 3 is 2.57 bits per heavy atom. The Morgan fingerprint density at radius 2 is 2.00 bits per heavy atom. The second-order valence-corrected chi connectivity index (χ2v) is 6.25. The van der Waals surface area contributed by atoms with Crippen molar-refractivity contribution in [1.29, 1.82) is 0 Å². The molecule has 0 saturated heterocycles. The Hall–Kier alpha value is -1.93. The molecule has 0 saturated carbocycles. The highest BCUT2D eigenvalue weighted by Crippen LogP contribution is 2.34. The van der Waals surface area contributed by atoms with E-state index in [-0.39, 0.29) is 17.8 Å². The highest BCUT2D eigenvalue weighted by atomic mass is 32.1. The van der Waals surface area contributed by atoms with Crippen molar-refractivity contribution >= 4 is 17.3 Å². The summed E-state index contributed by atoms with van der Waals surface area (Å²) in [6.07, 6.45) is -4.35. The molecular formula is C15H15F3N2O2S. The summed E-state index contributed by atoms with van der Waals surface area (Å²) in [4.78, 5) is 14.8. The van der Waals surface area contributed by atoms with Crippen LogP contribution in [0.5, 0.6) is 0 Å². The topological polar surface area (TPSA) is 62.2 Å². The molecule has 0 fully saturated rings.